The van der Waals surface area contributed by atoms with Crippen molar-refractivity contribution in [2.45, 2.75) is 13.5 Å². The third-order valence-corrected chi connectivity index (χ3v) is 3.19. The average Bonchev–Trinajstić information content (AvgIpc) is 2.96. The maximum Gasteiger partial charge on any atom is 0.412 e. The first-order chi connectivity index (χ1) is 11.3. The van der Waals surface area contributed by atoms with Gasteiger partial charge in [-0.25, -0.2) is 4.79 Å². The van der Waals surface area contributed by atoms with Gasteiger partial charge >= 0.3 is 6.09 Å². The number of amides is 1. The lowest BCUT2D eigenvalue weighted by Crippen LogP contribution is -2.13. The van der Waals surface area contributed by atoms with Crippen molar-refractivity contribution in [3.8, 4) is 5.75 Å². The van der Waals surface area contributed by atoms with Gasteiger partial charge in [-0.05, 0) is 24.6 Å². The Morgan fingerprint density at radius 3 is 2.83 bits per heavy atom. The lowest BCUT2D eigenvalue weighted by molar-refractivity contribution is 0.167. The van der Waals surface area contributed by atoms with Crippen LogP contribution in [0, 0.1) is 0 Å². The second kappa shape index (κ2) is 6.83. The molecule has 118 valence electrons. The highest BCUT2D eigenvalue weighted by Crippen LogP contribution is 2.27. The number of rotatable bonds is 5. The van der Waals surface area contributed by atoms with Crippen LogP contribution in [0.1, 0.15) is 12.5 Å². The van der Waals surface area contributed by atoms with Crippen LogP contribution in [0.15, 0.2) is 53.1 Å². The smallest absolute Gasteiger partial charge is 0.412 e. The summed E-state index contributed by atoms with van der Waals surface area (Å²) in [5.41, 5.74) is 1.61. The van der Waals surface area contributed by atoms with Crippen LogP contribution in [-0.2, 0) is 11.3 Å². The van der Waals surface area contributed by atoms with Crippen molar-refractivity contribution in [2.75, 3.05) is 11.9 Å². The first-order valence-corrected chi connectivity index (χ1v) is 7.26. The third kappa shape index (κ3) is 3.60. The average molecular weight is 312 g/mol. The predicted molar refractivity (Wildman–Crippen MR) is 85.4 cm³/mol. The van der Waals surface area contributed by atoms with Gasteiger partial charge in [0.05, 0.1) is 12.0 Å². The Bertz CT molecular complexity index is 799. The number of benzene rings is 2. The fourth-order valence-corrected chi connectivity index (χ4v) is 2.10. The second-order valence-electron chi connectivity index (χ2n) is 4.81. The number of hydrogen-bond acceptors (Lipinski definition) is 5. The summed E-state index contributed by atoms with van der Waals surface area (Å²) in [7, 11) is 0. The van der Waals surface area contributed by atoms with E-state index in [0.29, 0.717) is 35.8 Å². The molecule has 0 fully saturated rings. The zero-order valence-electron chi connectivity index (χ0n) is 12.6. The lowest BCUT2D eigenvalue weighted by Gasteiger charge is -2.06. The largest absolute Gasteiger partial charge is 0.489 e. The number of nitrogens with zero attached hydrogens (tertiary/aromatic N) is 1. The van der Waals surface area contributed by atoms with Crippen molar-refractivity contribution in [1.29, 1.82) is 0 Å². The quantitative estimate of drug-likeness (QED) is 0.771. The molecule has 1 aromatic heterocycles. The van der Waals surface area contributed by atoms with Gasteiger partial charge in [-0.3, -0.25) is 5.32 Å². The molecule has 2 aromatic carbocycles. The van der Waals surface area contributed by atoms with Gasteiger partial charge in [-0.15, -0.1) is 0 Å². The summed E-state index contributed by atoms with van der Waals surface area (Å²) in [5, 5.41) is 7.06. The molecule has 0 aliphatic carbocycles. The number of aromatic nitrogens is 1. The van der Waals surface area contributed by atoms with Gasteiger partial charge < -0.3 is 14.0 Å². The fourth-order valence-electron chi connectivity index (χ4n) is 2.10. The molecule has 0 saturated heterocycles. The Hall–Kier alpha value is -3.02. The number of nitrogens with one attached hydrogen (secondary N) is 1. The number of hydrogen-bond donors (Lipinski definition) is 1. The molecular formula is C17H16N2O4. The molecule has 6 heteroatoms. The highest BCUT2D eigenvalue weighted by Gasteiger charge is 2.12. The molecular weight excluding hydrogens is 296 g/mol. The van der Waals surface area contributed by atoms with Crippen molar-refractivity contribution >= 4 is 22.9 Å². The monoisotopic (exact) mass is 312 g/mol. The highest BCUT2D eigenvalue weighted by atomic mass is 16.5. The fraction of sp³-hybridized carbons (Fsp3) is 0.176. The van der Waals surface area contributed by atoms with Crippen LogP contribution in [0.3, 0.4) is 0 Å². The van der Waals surface area contributed by atoms with Crippen LogP contribution in [0.2, 0.25) is 0 Å². The molecule has 0 unspecified atom stereocenters. The zero-order chi connectivity index (χ0) is 16.1. The van der Waals surface area contributed by atoms with Gasteiger partial charge in [0.1, 0.15) is 12.4 Å². The molecule has 3 rings (SSSR count). The van der Waals surface area contributed by atoms with Gasteiger partial charge in [0.15, 0.2) is 11.4 Å². The molecule has 0 atom stereocenters. The maximum absolute atomic E-state index is 11.4. The first kappa shape index (κ1) is 14.9. The molecule has 0 aliphatic rings. The zero-order valence-corrected chi connectivity index (χ0v) is 12.6. The Labute approximate surface area is 133 Å². The van der Waals surface area contributed by atoms with Gasteiger partial charge in [0.2, 0.25) is 0 Å². The van der Waals surface area contributed by atoms with Crippen molar-refractivity contribution in [3.63, 3.8) is 0 Å². The summed E-state index contributed by atoms with van der Waals surface area (Å²) in [5.74, 6) is 0.994. The highest BCUT2D eigenvalue weighted by molar-refractivity contribution is 5.96. The molecule has 1 amide bonds. The number of anilines is 1. The van der Waals surface area contributed by atoms with Crippen molar-refractivity contribution < 1.29 is 18.8 Å². The predicted octanol–water partition coefficient (Wildman–Crippen LogP) is 3.98. The Morgan fingerprint density at radius 1 is 1.22 bits per heavy atom. The van der Waals surface area contributed by atoms with Crippen molar-refractivity contribution in [3.05, 3.63) is 54.1 Å². The van der Waals surface area contributed by atoms with E-state index in [-0.39, 0.29) is 0 Å². The van der Waals surface area contributed by atoms with Crippen LogP contribution < -0.4 is 10.1 Å². The van der Waals surface area contributed by atoms with Gasteiger partial charge in [-0.2, -0.15) is 0 Å². The minimum atomic E-state index is -0.563. The number of carbonyl (C=O) groups is 1. The van der Waals surface area contributed by atoms with E-state index in [1.807, 2.05) is 30.3 Å². The molecule has 0 aliphatic heterocycles. The molecule has 1 heterocycles. The normalized spacial score (nSPS) is 10.5. The topological polar surface area (TPSA) is 73.6 Å². The number of ether oxygens (including phenoxy) is 2. The Morgan fingerprint density at radius 2 is 2.04 bits per heavy atom. The minimum Gasteiger partial charge on any atom is -0.489 e. The van der Waals surface area contributed by atoms with E-state index in [0.717, 1.165) is 5.56 Å². The van der Waals surface area contributed by atoms with Crippen molar-refractivity contribution in [1.82, 2.24) is 5.16 Å². The van der Waals surface area contributed by atoms with Crippen LogP contribution in [0.4, 0.5) is 10.6 Å². The molecule has 23 heavy (non-hydrogen) atoms. The molecule has 1 N–H and O–H groups in total. The van der Waals surface area contributed by atoms with Gasteiger partial charge in [-0.1, -0.05) is 35.5 Å². The van der Waals surface area contributed by atoms with E-state index >= 15 is 0 Å². The van der Waals surface area contributed by atoms with Gasteiger partial charge in [0.25, 0.3) is 0 Å². The lowest BCUT2D eigenvalue weighted by atomic mass is 10.2. The summed E-state index contributed by atoms with van der Waals surface area (Å²) in [6, 6.07) is 15.2. The molecule has 0 spiro atoms. The summed E-state index contributed by atoms with van der Waals surface area (Å²) < 4.78 is 15.8. The molecule has 0 bridgehead atoms. The number of fused-ring (bicyclic) bond motifs is 1. The first-order valence-electron chi connectivity index (χ1n) is 7.26. The summed E-state index contributed by atoms with van der Waals surface area (Å²) in [6.07, 6.45) is -0.563. The van der Waals surface area contributed by atoms with E-state index in [2.05, 4.69) is 10.5 Å². The van der Waals surface area contributed by atoms with E-state index in [1.54, 1.807) is 25.1 Å². The summed E-state index contributed by atoms with van der Waals surface area (Å²) in [4.78, 5) is 11.4. The molecule has 0 radical (unpaired) electrons. The van der Waals surface area contributed by atoms with Crippen LogP contribution >= 0.6 is 0 Å². The third-order valence-electron chi connectivity index (χ3n) is 3.19. The SMILES string of the molecule is CCOC(=O)Nc1noc2cc(OCc3ccccc3)ccc12. The van der Waals surface area contributed by atoms with E-state index in [1.165, 1.54) is 0 Å². The molecule has 0 saturated carbocycles. The molecule has 6 nitrogen and oxygen atoms in total. The van der Waals surface area contributed by atoms with Crippen molar-refractivity contribution in [2.24, 2.45) is 0 Å². The summed E-state index contributed by atoms with van der Waals surface area (Å²) >= 11 is 0. The van der Waals surface area contributed by atoms with Crippen LogP contribution in [0.25, 0.3) is 11.0 Å². The van der Waals surface area contributed by atoms with E-state index < -0.39 is 6.09 Å². The van der Waals surface area contributed by atoms with E-state index in [9.17, 15) is 4.79 Å². The Kier molecular flexibility index (Phi) is 4.42. The standard InChI is InChI=1S/C17H16N2O4/c1-2-21-17(20)18-16-14-9-8-13(10-15(14)23-19-16)22-11-12-6-4-3-5-7-12/h3-10H,2,11H2,1H3,(H,18,19,20). The Balaban J connectivity index is 1.71. The van der Waals surface area contributed by atoms with Crippen LogP contribution in [0.5, 0.6) is 5.75 Å². The minimum absolute atomic E-state index is 0.291. The summed E-state index contributed by atoms with van der Waals surface area (Å²) in [6.45, 7) is 2.49. The second-order valence-corrected chi connectivity index (χ2v) is 4.81. The molecule has 3 aromatic rings. The van der Waals surface area contributed by atoms with E-state index in [4.69, 9.17) is 14.0 Å². The maximum atomic E-state index is 11.4. The number of carbonyl (C=O) groups excluding carboxylic acids is 1. The van der Waals surface area contributed by atoms with Gasteiger partial charge in [0, 0.05) is 6.07 Å². The van der Waals surface area contributed by atoms with Crippen LogP contribution in [-0.4, -0.2) is 17.9 Å².